The molecular weight excluding hydrogens is 124 g/mol. The molecule has 8 heavy (non-hydrogen) atoms. The van der Waals surface area contributed by atoms with E-state index in [1.807, 2.05) is 0 Å². The molecule has 3 nitrogen and oxygen atoms in total. The topological polar surface area (TPSA) is 58.6 Å². The van der Waals surface area contributed by atoms with E-state index in [9.17, 15) is 0 Å². The second-order valence-electron chi connectivity index (χ2n) is 1.59. The fourth-order valence-corrected chi connectivity index (χ4v) is 1.25. The zero-order valence-electron chi connectivity index (χ0n) is 4.37. The van der Waals surface area contributed by atoms with Crippen LogP contribution in [0.1, 0.15) is 6.42 Å². The molecule has 1 unspecified atom stereocenters. The number of nitrogens with two attached hydrogens (primary N) is 1. The van der Waals surface area contributed by atoms with Gasteiger partial charge >= 0.3 is 0 Å². The molecule has 0 aromatic carbocycles. The number of nitrogens with zero attached hydrogens (tertiary/aromatic N) is 1. The fourth-order valence-electron chi connectivity index (χ4n) is 0.518. The smallest absolute Gasteiger partial charge is 0.156 e. The summed E-state index contributed by atoms with van der Waals surface area (Å²) in [6.45, 7) is 0. The van der Waals surface area contributed by atoms with Crippen molar-refractivity contribution in [1.29, 1.82) is 0 Å². The molecule has 0 radical (unpaired) electrons. The van der Waals surface area contributed by atoms with Crippen molar-refractivity contribution in [1.82, 2.24) is 0 Å². The van der Waals surface area contributed by atoms with Gasteiger partial charge in [0.25, 0.3) is 0 Å². The zero-order valence-corrected chi connectivity index (χ0v) is 5.19. The molecule has 0 bridgehead atoms. The van der Waals surface area contributed by atoms with Crippen molar-refractivity contribution in [2.75, 3.05) is 5.75 Å². The summed E-state index contributed by atoms with van der Waals surface area (Å²) in [4.78, 5) is 3.70. The number of thioether (sulfide) groups is 1. The number of aliphatic hydroxyl groups excluding tert-OH is 1. The van der Waals surface area contributed by atoms with Gasteiger partial charge in [0.15, 0.2) is 5.17 Å². The third kappa shape index (κ3) is 1.38. The van der Waals surface area contributed by atoms with Gasteiger partial charge in [-0.15, -0.1) is 0 Å². The third-order valence-electron chi connectivity index (χ3n) is 0.902. The van der Waals surface area contributed by atoms with Crippen LogP contribution in [0.5, 0.6) is 0 Å². The van der Waals surface area contributed by atoms with Crippen molar-refractivity contribution in [2.45, 2.75) is 12.6 Å². The number of aliphatic imine (C=N–C) groups is 1. The highest BCUT2D eigenvalue weighted by Crippen LogP contribution is 2.12. The second-order valence-corrected chi connectivity index (χ2v) is 2.70. The van der Waals surface area contributed by atoms with E-state index in [4.69, 9.17) is 10.8 Å². The number of rotatable bonds is 0. The van der Waals surface area contributed by atoms with E-state index in [2.05, 4.69) is 4.99 Å². The summed E-state index contributed by atoms with van der Waals surface area (Å²) in [5.74, 6) is 0.885. The molecule has 3 N–H and O–H groups in total. The first-order chi connectivity index (χ1) is 3.79. The summed E-state index contributed by atoms with van der Waals surface area (Å²) in [6, 6.07) is 0. The average Bonchev–Trinajstić information content (AvgIpc) is 1.64. The van der Waals surface area contributed by atoms with E-state index in [0.717, 1.165) is 12.2 Å². The number of amidine groups is 1. The molecule has 0 amide bonds. The number of aliphatic hydroxyl groups is 1. The minimum atomic E-state index is -0.545. The Morgan fingerprint density at radius 1 is 1.88 bits per heavy atom. The van der Waals surface area contributed by atoms with Crippen LogP contribution in [-0.2, 0) is 0 Å². The Balaban J connectivity index is 2.50. The van der Waals surface area contributed by atoms with Gasteiger partial charge in [-0.25, -0.2) is 4.99 Å². The molecule has 0 aliphatic carbocycles. The maximum atomic E-state index is 8.80. The fraction of sp³-hybridized carbons (Fsp3) is 0.750. The second kappa shape index (κ2) is 2.37. The van der Waals surface area contributed by atoms with Gasteiger partial charge in [-0.2, -0.15) is 0 Å². The molecule has 0 aromatic rings. The molecular formula is C4H8N2OS. The van der Waals surface area contributed by atoms with E-state index < -0.39 is 6.23 Å². The van der Waals surface area contributed by atoms with Gasteiger partial charge in [0, 0.05) is 12.2 Å². The van der Waals surface area contributed by atoms with E-state index in [1.54, 1.807) is 0 Å². The van der Waals surface area contributed by atoms with Gasteiger partial charge in [0.05, 0.1) is 0 Å². The summed E-state index contributed by atoms with van der Waals surface area (Å²) >= 11 is 1.49. The van der Waals surface area contributed by atoms with Gasteiger partial charge in [0.1, 0.15) is 6.23 Å². The van der Waals surface area contributed by atoms with Crippen molar-refractivity contribution < 1.29 is 5.11 Å². The minimum absolute atomic E-state index is 0.503. The molecule has 1 aliphatic heterocycles. The van der Waals surface area contributed by atoms with Gasteiger partial charge < -0.3 is 10.8 Å². The van der Waals surface area contributed by atoms with E-state index in [0.29, 0.717) is 5.17 Å². The van der Waals surface area contributed by atoms with Gasteiger partial charge in [-0.05, 0) is 0 Å². The standard InChI is InChI=1S/C4H8N2OS/c5-4-6-3(7)1-2-8-4/h3,7H,1-2H2,(H2,5,6). The highest BCUT2D eigenvalue weighted by Gasteiger charge is 2.08. The third-order valence-corrected chi connectivity index (χ3v) is 1.74. The molecule has 0 spiro atoms. The lowest BCUT2D eigenvalue weighted by molar-refractivity contribution is 0.181. The van der Waals surface area contributed by atoms with Crippen molar-refractivity contribution >= 4 is 16.9 Å². The van der Waals surface area contributed by atoms with Crippen LogP contribution in [0.25, 0.3) is 0 Å². The Hall–Kier alpha value is -0.220. The molecule has 1 rings (SSSR count). The Labute approximate surface area is 52.0 Å². The minimum Gasteiger partial charge on any atom is -0.378 e. The highest BCUT2D eigenvalue weighted by atomic mass is 32.2. The van der Waals surface area contributed by atoms with Crippen LogP contribution in [-0.4, -0.2) is 22.3 Å². The monoisotopic (exact) mass is 132 g/mol. The molecule has 0 saturated carbocycles. The van der Waals surface area contributed by atoms with Crippen LogP contribution >= 0.6 is 11.8 Å². The Kier molecular flexibility index (Phi) is 1.75. The summed E-state index contributed by atoms with van der Waals surface area (Å²) in [7, 11) is 0. The first kappa shape index (κ1) is 5.91. The number of hydrogen-bond donors (Lipinski definition) is 2. The van der Waals surface area contributed by atoms with Crippen molar-refractivity contribution in [3.8, 4) is 0 Å². The molecule has 0 fully saturated rings. The molecule has 0 aromatic heterocycles. The average molecular weight is 132 g/mol. The number of hydrogen-bond acceptors (Lipinski definition) is 4. The Bertz CT molecular complexity index is 115. The lowest BCUT2D eigenvalue weighted by Crippen LogP contribution is -2.19. The molecule has 46 valence electrons. The van der Waals surface area contributed by atoms with Crippen LogP contribution in [0.15, 0.2) is 4.99 Å². The van der Waals surface area contributed by atoms with Gasteiger partial charge in [-0.1, -0.05) is 11.8 Å². The van der Waals surface area contributed by atoms with Crippen LogP contribution in [0.2, 0.25) is 0 Å². The zero-order chi connectivity index (χ0) is 5.98. The largest absolute Gasteiger partial charge is 0.378 e. The maximum Gasteiger partial charge on any atom is 0.156 e. The normalized spacial score (nSPS) is 29.6. The quantitative estimate of drug-likeness (QED) is 0.478. The summed E-state index contributed by atoms with van der Waals surface area (Å²) in [6.07, 6.45) is 0.182. The summed E-state index contributed by atoms with van der Waals surface area (Å²) < 4.78 is 0. The highest BCUT2D eigenvalue weighted by molar-refractivity contribution is 8.13. The van der Waals surface area contributed by atoms with Crippen molar-refractivity contribution in [2.24, 2.45) is 10.7 Å². The lowest BCUT2D eigenvalue weighted by Gasteiger charge is -2.11. The van der Waals surface area contributed by atoms with Crippen LogP contribution in [0.3, 0.4) is 0 Å². The van der Waals surface area contributed by atoms with Crippen LogP contribution in [0.4, 0.5) is 0 Å². The molecule has 1 atom stereocenters. The predicted molar refractivity (Wildman–Crippen MR) is 34.7 cm³/mol. The lowest BCUT2D eigenvalue weighted by atomic mass is 10.4. The SMILES string of the molecule is NC1=NC(O)CCS1. The predicted octanol–water partition coefficient (Wildman–Crippen LogP) is -0.244. The van der Waals surface area contributed by atoms with E-state index in [1.165, 1.54) is 11.8 Å². The van der Waals surface area contributed by atoms with E-state index in [-0.39, 0.29) is 0 Å². The first-order valence-corrected chi connectivity index (χ1v) is 3.42. The van der Waals surface area contributed by atoms with Crippen LogP contribution in [0, 0.1) is 0 Å². The van der Waals surface area contributed by atoms with E-state index >= 15 is 0 Å². The molecule has 1 aliphatic rings. The Morgan fingerprint density at radius 2 is 2.62 bits per heavy atom. The van der Waals surface area contributed by atoms with Crippen molar-refractivity contribution in [3.63, 3.8) is 0 Å². The summed E-state index contributed by atoms with van der Waals surface area (Å²) in [5.41, 5.74) is 5.28. The molecule has 1 heterocycles. The Morgan fingerprint density at radius 3 is 3.00 bits per heavy atom. The van der Waals surface area contributed by atoms with Gasteiger partial charge in [0.2, 0.25) is 0 Å². The maximum absolute atomic E-state index is 8.80. The summed E-state index contributed by atoms with van der Waals surface area (Å²) in [5, 5.41) is 9.30. The van der Waals surface area contributed by atoms with Gasteiger partial charge in [-0.3, -0.25) is 0 Å². The first-order valence-electron chi connectivity index (χ1n) is 2.43. The van der Waals surface area contributed by atoms with Crippen LogP contribution < -0.4 is 5.73 Å². The molecule has 0 saturated heterocycles. The molecule has 4 heteroatoms. The van der Waals surface area contributed by atoms with Crippen molar-refractivity contribution in [3.05, 3.63) is 0 Å².